The van der Waals surface area contributed by atoms with E-state index in [2.05, 4.69) is 29.8 Å². The van der Waals surface area contributed by atoms with Crippen LogP contribution >= 0.6 is 15.9 Å². The van der Waals surface area contributed by atoms with Gasteiger partial charge in [0.25, 0.3) is 0 Å². The van der Waals surface area contributed by atoms with Gasteiger partial charge in [-0.15, -0.1) is 0 Å². The molecule has 1 heterocycles. The van der Waals surface area contributed by atoms with E-state index in [1.165, 1.54) is 0 Å². The summed E-state index contributed by atoms with van der Waals surface area (Å²) in [7, 11) is 0. The molecule has 1 atom stereocenters. The van der Waals surface area contributed by atoms with Crippen LogP contribution in [0.1, 0.15) is 32.1 Å². The van der Waals surface area contributed by atoms with Crippen molar-refractivity contribution < 1.29 is 4.42 Å². The molecule has 0 amide bonds. The van der Waals surface area contributed by atoms with Crippen molar-refractivity contribution in [1.82, 2.24) is 0 Å². The number of rotatable bonds is 3. The highest BCUT2D eigenvalue weighted by atomic mass is 79.9. The molecule has 0 aliphatic heterocycles. The molecule has 2 N–H and O–H groups in total. The van der Waals surface area contributed by atoms with Gasteiger partial charge in [0, 0.05) is 9.86 Å². The predicted molar refractivity (Wildman–Crippen MR) is 70.3 cm³/mol. The third-order valence-electron chi connectivity index (χ3n) is 2.59. The zero-order chi connectivity index (χ0) is 11.7. The largest absolute Gasteiger partial charge is 0.459 e. The van der Waals surface area contributed by atoms with Gasteiger partial charge in [-0.05, 0) is 36.6 Å². The number of fused-ring (bicyclic) bond motifs is 1. The lowest BCUT2D eigenvalue weighted by molar-refractivity contribution is 0.431. The molecule has 0 fully saturated rings. The zero-order valence-electron chi connectivity index (χ0n) is 9.53. The second-order valence-electron chi connectivity index (χ2n) is 4.57. The lowest BCUT2D eigenvalue weighted by Crippen LogP contribution is -2.11. The summed E-state index contributed by atoms with van der Waals surface area (Å²) in [5.74, 6) is 1.46. The third-order valence-corrected chi connectivity index (χ3v) is 3.09. The fourth-order valence-electron chi connectivity index (χ4n) is 1.83. The Kier molecular flexibility index (Phi) is 3.36. The van der Waals surface area contributed by atoms with Gasteiger partial charge in [-0.1, -0.05) is 29.8 Å². The Morgan fingerprint density at radius 3 is 2.75 bits per heavy atom. The Balaban J connectivity index is 2.32. The minimum atomic E-state index is -0.00817. The molecular formula is C13H16BrNO. The molecule has 16 heavy (non-hydrogen) atoms. The predicted octanol–water partition coefficient (Wildman–Crippen LogP) is 4.24. The first kappa shape index (κ1) is 11.7. The fourth-order valence-corrected chi connectivity index (χ4v) is 2.17. The molecule has 0 spiro atoms. The summed E-state index contributed by atoms with van der Waals surface area (Å²) in [6, 6.07) is 8.05. The molecular weight excluding hydrogens is 266 g/mol. The van der Waals surface area contributed by atoms with Crippen LogP contribution in [0.2, 0.25) is 0 Å². The lowest BCUT2D eigenvalue weighted by atomic mass is 10.0. The highest BCUT2D eigenvalue weighted by Gasteiger charge is 2.13. The van der Waals surface area contributed by atoms with E-state index in [-0.39, 0.29) is 6.04 Å². The zero-order valence-corrected chi connectivity index (χ0v) is 11.1. The Morgan fingerprint density at radius 2 is 2.06 bits per heavy atom. The van der Waals surface area contributed by atoms with Gasteiger partial charge >= 0.3 is 0 Å². The summed E-state index contributed by atoms with van der Waals surface area (Å²) < 4.78 is 6.78. The van der Waals surface area contributed by atoms with Crippen molar-refractivity contribution in [3.05, 3.63) is 34.5 Å². The van der Waals surface area contributed by atoms with Gasteiger partial charge in [0.05, 0.1) is 6.04 Å². The van der Waals surface area contributed by atoms with Gasteiger partial charge in [-0.3, -0.25) is 0 Å². The van der Waals surface area contributed by atoms with Crippen molar-refractivity contribution in [2.24, 2.45) is 11.7 Å². The highest BCUT2D eigenvalue weighted by Crippen LogP contribution is 2.28. The third kappa shape index (κ3) is 2.47. The summed E-state index contributed by atoms with van der Waals surface area (Å²) in [6.07, 6.45) is 0.945. The summed E-state index contributed by atoms with van der Waals surface area (Å²) in [5, 5.41) is 1.11. The molecule has 2 nitrogen and oxygen atoms in total. The van der Waals surface area contributed by atoms with Crippen molar-refractivity contribution in [2.45, 2.75) is 26.3 Å². The van der Waals surface area contributed by atoms with Crippen LogP contribution in [0.3, 0.4) is 0 Å². The van der Waals surface area contributed by atoms with E-state index in [1.54, 1.807) is 0 Å². The minimum absolute atomic E-state index is 0.00817. The number of halogens is 1. The molecule has 3 heteroatoms. The molecule has 2 rings (SSSR count). The first-order valence-corrected chi connectivity index (χ1v) is 6.30. The maximum absolute atomic E-state index is 6.09. The normalized spacial score (nSPS) is 13.6. The molecule has 1 aromatic carbocycles. The van der Waals surface area contributed by atoms with Crippen LogP contribution in [0.4, 0.5) is 0 Å². The topological polar surface area (TPSA) is 39.2 Å². The quantitative estimate of drug-likeness (QED) is 0.914. The maximum Gasteiger partial charge on any atom is 0.135 e. The van der Waals surface area contributed by atoms with E-state index in [0.29, 0.717) is 5.92 Å². The molecule has 2 aromatic rings. The number of benzene rings is 1. The molecule has 0 aliphatic carbocycles. The standard InChI is InChI=1S/C13H16BrNO/c1-8(2)5-11(15)13-6-9-3-4-10(14)7-12(9)16-13/h3-4,6-8,11H,5,15H2,1-2H3/t11-/m1/s1. The Morgan fingerprint density at radius 1 is 1.31 bits per heavy atom. The van der Waals surface area contributed by atoms with E-state index in [1.807, 2.05) is 24.3 Å². The molecule has 1 aromatic heterocycles. The fraction of sp³-hybridized carbons (Fsp3) is 0.385. The molecule has 0 aliphatic rings. The minimum Gasteiger partial charge on any atom is -0.459 e. The second kappa shape index (κ2) is 4.60. The van der Waals surface area contributed by atoms with E-state index >= 15 is 0 Å². The van der Waals surface area contributed by atoms with Crippen molar-refractivity contribution in [3.8, 4) is 0 Å². The summed E-state index contributed by atoms with van der Waals surface area (Å²) in [4.78, 5) is 0. The number of nitrogens with two attached hydrogens (primary N) is 1. The van der Waals surface area contributed by atoms with Crippen LogP contribution in [0.25, 0.3) is 11.0 Å². The van der Waals surface area contributed by atoms with Gasteiger partial charge in [0.2, 0.25) is 0 Å². The van der Waals surface area contributed by atoms with Crippen LogP contribution < -0.4 is 5.73 Å². The van der Waals surface area contributed by atoms with E-state index in [0.717, 1.165) is 27.6 Å². The highest BCUT2D eigenvalue weighted by molar-refractivity contribution is 9.10. The molecule has 0 unspecified atom stereocenters. The van der Waals surface area contributed by atoms with Crippen molar-refractivity contribution in [2.75, 3.05) is 0 Å². The molecule has 0 bridgehead atoms. The summed E-state index contributed by atoms with van der Waals surface area (Å²) in [6.45, 7) is 4.33. The van der Waals surface area contributed by atoms with Crippen molar-refractivity contribution in [1.29, 1.82) is 0 Å². The smallest absolute Gasteiger partial charge is 0.135 e. The number of hydrogen-bond donors (Lipinski definition) is 1. The summed E-state index contributed by atoms with van der Waals surface area (Å²) in [5.41, 5.74) is 6.98. The number of furan rings is 1. The Hall–Kier alpha value is -0.800. The number of hydrogen-bond acceptors (Lipinski definition) is 2. The van der Waals surface area contributed by atoms with E-state index < -0.39 is 0 Å². The first-order chi connectivity index (χ1) is 7.56. The molecule has 0 saturated carbocycles. The van der Waals surface area contributed by atoms with Crippen LogP contribution in [0.15, 0.2) is 33.2 Å². The van der Waals surface area contributed by atoms with Gasteiger partial charge < -0.3 is 10.2 Å². The second-order valence-corrected chi connectivity index (χ2v) is 5.48. The molecule has 0 saturated heterocycles. The SMILES string of the molecule is CC(C)C[C@@H](N)c1cc2ccc(Br)cc2o1. The Bertz CT molecular complexity index is 490. The molecule has 86 valence electrons. The average molecular weight is 282 g/mol. The monoisotopic (exact) mass is 281 g/mol. The lowest BCUT2D eigenvalue weighted by Gasteiger charge is -2.10. The van der Waals surface area contributed by atoms with Crippen molar-refractivity contribution >= 4 is 26.9 Å². The van der Waals surface area contributed by atoms with Crippen LogP contribution in [-0.4, -0.2) is 0 Å². The van der Waals surface area contributed by atoms with E-state index in [9.17, 15) is 0 Å². The van der Waals surface area contributed by atoms with Gasteiger partial charge in [-0.2, -0.15) is 0 Å². The Labute approximate surface area is 104 Å². The van der Waals surface area contributed by atoms with Gasteiger partial charge in [0.1, 0.15) is 11.3 Å². The van der Waals surface area contributed by atoms with Gasteiger partial charge in [-0.25, -0.2) is 0 Å². The first-order valence-electron chi connectivity index (χ1n) is 5.51. The van der Waals surface area contributed by atoms with Crippen LogP contribution in [0, 0.1) is 5.92 Å². The maximum atomic E-state index is 6.09. The average Bonchev–Trinajstić information content (AvgIpc) is 2.59. The molecule has 0 radical (unpaired) electrons. The van der Waals surface area contributed by atoms with Crippen molar-refractivity contribution in [3.63, 3.8) is 0 Å². The van der Waals surface area contributed by atoms with Gasteiger partial charge in [0.15, 0.2) is 0 Å². The van der Waals surface area contributed by atoms with Crippen LogP contribution in [0.5, 0.6) is 0 Å². The van der Waals surface area contributed by atoms with Crippen LogP contribution in [-0.2, 0) is 0 Å². The summed E-state index contributed by atoms with van der Waals surface area (Å²) >= 11 is 3.43. The van der Waals surface area contributed by atoms with E-state index in [4.69, 9.17) is 10.2 Å².